The zero-order valence-corrected chi connectivity index (χ0v) is 10.6. The van der Waals surface area contributed by atoms with Crippen LogP contribution in [0.15, 0.2) is 0 Å². The van der Waals surface area contributed by atoms with Crippen molar-refractivity contribution in [3.05, 3.63) is 0 Å². The number of likely N-dealkylation sites (tertiary alicyclic amines) is 1. The normalized spacial score (nSPS) is 21.4. The first-order valence-electron chi connectivity index (χ1n) is 6.25. The van der Waals surface area contributed by atoms with Crippen molar-refractivity contribution in [2.75, 3.05) is 13.1 Å². The lowest BCUT2D eigenvalue weighted by Crippen LogP contribution is -2.57. The molecule has 17 heavy (non-hydrogen) atoms. The van der Waals surface area contributed by atoms with Crippen LogP contribution in [0.5, 0.6) is 0 Å². The summed E-state index contributed by atoms with van der Waals surface area (Å²) in [5.41, 5.74) is 5.22. The van der Waals surface area contributed by atoms with E-state index in [1.165, 1.54) is 0 Å². The van der Waals surface area contributed by atoms with Crippen LogP contribution < -0.4 is 5.73 Å². The zero-order chi connectivity index (χ0) is 13.1. The number of carboxylic acid groups (broad SMARTS) is 1. The van der Waals surface area contributed by atoms with E-state index in [0.29, 0.717) is 32.4 Å². The Labute approximate surface area is 102 Å². The Morgan fingerprint density at radius 3 is 2.47 bits per heavy atom. The Kier molecular flexibility index (Phi) is 4.51. The van der Waals surface area contributed by atoms with Crippen LogP contribution in [-0.4, -0.2) is 40.5 Å². The highest BCUT2D eigenvalue weighted by Crippen LogP contribution is 2.22. The molecule has 1 fully saturated rings. The highest BCUT2D eigenvalue weighted by molar-refractivity contribution is 5.86. The number of carbonyl (C=O) groups is 2. The standard InChI is InChI=1S/C12H22N2O3/c1-3-12(13,4-2)11(17)14-7-5-6-9(8-14)10(15)16/h9H,3-8,13H2,1-2H3,(H,15,16). The lowest BCUT2D eigenvalue weighted by atomic mass is 9.90. The van der Waals surface area contributed by atoms with Crippen molar-refractivity contribution in [1.82, 2.24) is 4.90 Å². The highest BCUT2D eigenvalue weighted by Gasteiger charge is 2.37. The van der Waals surface area contributed by atoms with E-state index < -0.39 is 17.4 Å². The molecule has 1 unspecified atom stereocenters. The SMILES string of the molecule is CCC(N)(CC)C(=O)N1CCCC(C(=O)O)C1. The number of aliphatic carboxylic acids is 1. The molecule has 0 radical (unpaired) electrons. The van der Waals surface area contributed by atoms with Crippen molar-refractivity contribution in [2.45, 2.75) is 45.1 Å². The second-order valence-corrected chi connectivity index (χ2v) is 4.79. The summed E-state index contributed by atoms with van der Waals surface area (Å²) in [6.07, 6.45) is 2.55. The minimum atomic E-state index is -0.833. The Morgan fingerprint density at radius 1 is 1.41 bits per heavy atom. The molecule has 0 aromatic rings. The van der Waals surface area contributed by atoms with Crippen molar-refractivity contribution < 1.29 is 14.7 Å². The van der Waals surface area contributed by atoms with Crippen LogP contribution in [0.4, 0.5) is 0 Å². The molecule has 3 N–H and O–H groups in total. The van der Waals surface area contributed by atoms with Crippen LogP contribution >= 0.6 is 0 Å². The summed E-state index contributed by atoms with van der Waals surface area (Å²) in [5.74, 6) is -1.36. The lowest BCUT2D eigenvalue weighted by molar-refractivity contribution is -0.147. The average molecular weight is 242 g/mol. The quantitative estimate of drug-likeness (QED) is 0.764. The molecule has 1 saturated heterocycles. The molecule has 0 bridgehead atoms. The summed E-state index contributed by atoms with van der Waals surface area (Å²) in [4.78, 5) is 24.8. The van der Waals surface area contributed by atoms with E-state index in [1.54, 1.807) is 4.90 Å². The van der Waals surface area contributed by atoms with Crippen molar-refractivity contribution >= 4 is 11.9 Å². The van der Waals surface area contributed by atoms with Gasteiger partial charge in [-0.15, -0.1) is 0 Å². The van der Waals surface area contributed by atoms with E-state index in [2.05, 4.69) is 0 Å². The van der Waals surface area contributed by atoms with Crippen LogP contribution in [0.2, 0.25) is 0 Å². The van der Waals surface area contributed by atoms with Gasteiger partial charge in [-0.3, -0.25) is 9.59 Å². The Morgan fingerprint density at radius 2 is 2.00 bits per heavy atom. The third kappa shape index (κ3) is 2.97. The number of hydrogen-bond donors (Lipinski definition) is 2. The molecule has 1 amide bonds. The Balaban J connectivity index is 2.72. The van der Waals surface area contributed by atoms with Crippen LogP contribution in [0.1, 0.15) is 39.5 Å². The molecule has 1 heterocycles. The minimum Gasteiger partial charge on any atom is -0.481 e. The third-order valence-electron chi connectivity index (χ3n) is 3.75. The van der Waals surface area contributed by atoms with E-state index in [-0.39, 0.29) is 5.91 Å². The number of nitrogens with two attached hydrogens (primary N) is 1. The molecule has 1 aliphatic rings. The third-order valence-corrected chi connectivity index (χ3v) is 3.75. The molecular formula is C12H22N2O3. The second kappa shape index (κ2) is 5.49. The number of carboxylic acids is 1. The van der Waals surface area contributed by atoms with Gasteiger partial charge in [0.25, 0.3) is 0 Å². The van der Waals surface area contributed by atoms with E-state index in [1.807, 2.05) is 13.8 Å². The average Bonchev–Trinajstić information content (AvgIpc) is 2.37. The fraction of sp³-hybridized carbons (Fsp3) is 0.833. The van der Waals surface area contributed by atoms with Gasteiger partial charge in [0.1, 0.15) is 0 Å². The van der Waals surface area contributed by atoms with Crippen molar-refractivity contribution in [1.29, 1.82) is 0 Å². The molecule has 1 rings (SSSR count). The smallest absolute Gasteiger partial charge is 0.308 e. The predicted molar refractivity (Wildman–Crippen MR) is 64.4 cm³/mol. The minimum absolute atomic E-state index is 0.103. The van der Waals surface area contributed by atoms with E-state index in [9.17, 15) is 9.59 Å². The molecule has 0 aromatic carbocycles. The predicted octanol–water partition coefficient (Wildman–Crippen LogP) is 0.827. The van der Waals surface area contributed by atoms with Gasteiger partial charge in [-0.1, -0.05) is 13.8 Å². The van der Waals surface area contributed by atoms with Crippen LogP contribution in [-0.2, 0) is 9.59 Å². The highest BCUT2D eigenvalue weighted by atomic mass is 16.4. The number of rotatable bonds is 4. The molecule has 1 aliphatic heterocycles. The van der Waals surface area contributed by atoms with Gasteiger partial charge in [-0.05, 0) is 25.7 Å². The molecule has 98 valence electrons. The number of piperidine rings is 1. The maximum atomic E-state index is 12.3. The summed E-state index contributed by atoms with van der Waals surface area (Å²) >= 11 is 0. The fourth-order valence-corrected chi connectivity index (χ4v) is 2.23. The van der Waals surface area contributed by atoms with Gasteiger partial charge in [0.2, 0.25) is 5.91 Å². The molecule has 0 spiro atoms. The molecule has 0 saturated carbocycles. The van der Waals surface area contributed by atoms with Crippen molar-refractivity contribution in [3.8, 4) is 0 Å². The first kappa shape index (κ1) is 14.0. The van der Waals surface area contributed by atoms with E-state index in [4.69, 9.17) is 10.8 Å². The van der Waals surface area contributed by atoms with E-state index in [0.717, 1.165) is 6.42 Å². The Hall–Kier alpha value is -1.10. The number of hydrogen-bond acceptors (Lipinski definition) is 3. The van der Waals surface area contributed by atoms with Gasteiger partial charge in [0.05, 0.1) is 11.5 Å². The molecule has 0 aliphatic carbocycles. The zero-order valence-electron chi connectivity index (χ0n) is 10.6. The first-order chi connectivity index (χ1) is 7.94. The summed E-state index contributed by atoms with van der Waals surface area (Å²) in [5, 5.41) is 8.99. The molecule has 5 nitrogen and oxygen atoms in total. The van der Waals surface area contributed by atoms with Gasteiger partial charge in [0, 0.05) is 13.1 Å². The van der Waals surface area contributed by atoms with Crippen LogP contribution in [0, 0.1) is 5.92 Å². The number of amides is 1. The van der Waals surface area contributed by atoms with Gasteiger partial charge in [-0.2, -0.15) is 0 Å². The largest absolute Gasteiger partial charge is 0.481 e. The first-order valence-corrected chi connectivity index (χ1v) is 6.25. The van der Waals surface area contributed by atoms with Crippen LogP contribution in [0.25, 0.3) is 0 Å². The van der Waals surface area contributed by atoms with Crippen molar-refractivity contribution in [2.24, 2.45) is 11.7 Å². The summed E-state index contributed by atoms with van der Waals surface area (Å²) < 4.78 is 0. The summed E-state index contributed by atoms with van der Waals surface area (Å²) in [6.45, 7) is 4.70. The molecule has 0 aromatic heterocycles. The van der Waals surface area contributed by atoms with Gasteiger partial charge in [-0.25, -0.2) is 0 Å². The second-order valence-electron chi connectivity index (χ2n) is 4.79. The van der Waals surface area contributed by atoms with Crippen LogP contribution in [0.3, 0.4) is 0 Å². The monoisotopic (exact) mass is 242 g/mol. The van der Waals surface area contributed by atoms with Gasteiger partial charge < -0.3 is 15.7 Å². The molecular weight excluding hydrogens is 220 g/mol. The maximum Gasteiger partial charge on any atom is 0.308 e. The van der Waals surface area contributed by atoms with E-state index >= 15 is 0 Å². The number of carbonyl (C=O) groups excluding carboxylic acids is 1. The summed E-state index contributed by atoms with van der Waals surface area (Å²) in [7, 11) is 0. The Bertz CT molecular complexity index is 300. The molecule has 1 atom stereocenters. The maximum absolute atomic E-state index is 12.3. The van der Waals surface area contributed by atoms with Gasteiger partial charge in [0.15, 0.2) is 0 Å². The number of nitrogens with zero attached hydrogens (tertiary/aromatic N) is 1. The summed E-state index contributed by atoms with van der Waals surface area (Å²) in [6, 6.07) is 0. The molecule has 5 heteroatoms. The fourth-order valence-electron chi connectivity index (χ4n) is 2.23. The van der Waals surface area contributed by atoms with Gasteiger partial charge >= 0.3 is 5.97 Å². The lowest BCUT2D eigenvalue weighted by Gasteiger charge is -2.37. The topological polar surface area (TPSA) is 83.6 Å². The van der Waals surface area contributed by atoms with Crippen molar-refractivity contribution in [3.63, 3.8) is 0 Å².